The van der Waals surface area contributed by atoms with Crippen LogP contribution in [0.1, 0.15) is 43.0 Å². The molecule has 0 bridgehead atoms. The van der Waals surface area contributed by atoms with Crippen LogP contribution in [0.2, 0.25) is 0 Å². The number of aryl methyl sites for hydroxylation is 1. The molecule has 7 heteroatoms. The second kappa shape index (κ2) is 8.61. The summed E-state index contributed by atoms with van der Waals surface area (Å²) in [7, 11) is -3.71. The summed E-state index contributed by atoms with van der Waals surface area (Å²) in [5.74, 6) is -0.0297. The Bertz CT molecular complexity index is 1060. The zero-order valence-corrected chi connectivity index (χ0v) is 17.6. The normalized spacial score (nSPS) is 17.8. The summed E-state index contributed by atoms with van der Waals surface area (Å²) in [6.07, 6.45) is 0.482. The van der Waals surface area contributed by atoms with E-state index in [2.05, 4.69) is 15.0 Å². The number of rotatable bonds is 6. The van der Waals surface area contributed by atoms with Crippen molar-refractivity contribution in [2.24, 2.45) is 4.99 Å². The Morgan fingerprint density at radius 3 is 2.38 bits per heavy atom. The van der Waals surface area contributed by atoms with Crippen LogP contribution in [-0.4, -0.2) is 26.7 Å². The van der Waals surface area contributed by atoms with Gasteiger partial charge in [0.05, 0.1) is 6.04 Å². The van der Waals surface area contributed by atoms with Gasteiger partial charge in [-0.1, -0.05) is 67.1 Å². The maximum Gasteiger partial charge on any atom is 0.264 e. The number of carbonyl (C=O) groups is 1. The van der Waals surface area contributed by atoms with E-state index in [-0.39, 0.29) is 29.2 Å². The van der Waals surface area contributed by atoms with Crippen molar-refractivity contribution >= 4 is 26.7 Å². The van der Waals surface area contributed by atoms with Gasteiger partial charge in [-0.05, 0) is 31.4 Å². The van der Waals surface area contributed by atoms with Crippen LogP contribution < -0.4 is 10.0 Å². The molecule has 1 heterocycles. The largest absolute Gasteiger partial charge is 0.348 e. The number of sulfonamides is 1. The van der Waals surface area contributed by atoms with Crippen molar-refractivity contribution < 1.29 is 13.2 Å². The highest BCUT2D eigenvalue weighted by atomic mass is 32.2. The molecule has 0 radical (unpaired) electrons. The quantitative estimate of drug-likeness (QED) is 0.764. The summed E-state index contributed by atoms with van der Waals surface area (Å²) in [5.41, 5.74) is 3.25. The summed E-state index contributed by atoms with van der Waals surface area (Å²) in [5, 5.41) is 2.88. The van der Waals surface area contributed by atoms with E-state index in [1.165, 1.54) is 0 Å². The summed E-state index contributed by atoms with van der Waals surface area (Å²) in [4.78, 5) is 16.8. The minimum atomic E-state index is -3.71. The Balaban J connectivity index is 1.80. The van der Waals surface area contributed by atoms with E-state index >= 15 is 0 Å². The lowest BCUT2D eigenvalue weighted by Crippen LogP contribution is -2.30. The van der Waals surface area contributed by atoms with E-state index in [4.69, 9.17) is 0 Å². The predicted octanol–water partition coefficient (Wildman–Crippen LogP) is 3.33. The smallest absolute Gasteiger partial charge is 0.264 e. The van der Waals surface area contributed by atoms with Crippen molar-refractivity contribution in [3.8, 4) is 0 Å². The molecule has 152 valence electrons. The molecule has 1 atom stereocenters. The minimum Gasteiger partial charge on any atom is -0.348 e. The third kappa shape index (κ3) is 4.74. The van der Waals surface area contributed by atoms with Crippen molar-refractivity contribution in [1.82, 2.24) is 10.0 Å². The molecule has 1 aliphatic rings. The van der Waals surface area contributed by atoms with Crippen LogP contribution in [0.4, 0.5) is 0 Å². The molecule has 0 saturated carbocycles. The molecule has 29 heavy (non-hydrogen) atoms. The van der Waals surface area contributed by atoms with Crippen LogP contribution in [-0.2, 0) is 14.8 Å². The second-order valence-corrected chi connectivity index (χ2v) is 8.62. The van der Waals surface area contributed by atoms with E-state index in [1.807, 2.05) is 63.2 Å². The molecule has 1 aliphatic heterocycles. The number of amides is 1. The van der Waals surface area contributed by atoms with Gasteiger partial charge in [0.2, 0.25) is 5.91 Å². The Kier molecular flexibility index (Phi) is 6.17. The molecule has 0 unspecified atom stereocenters. The van der Waals surface area contributed by atoms with Crippen LogP contribution in [0, 0.1) is 6.92 Å². The van der Waals surface area contributed by atoms with E-state index < -0.39 is 10.0 Å². The number of benzene rings is 2. The van der Waals surface area contributed by atoms with Gasteiger partial charge < -0.3 is 5.32 Å². The predicted molar refractivity (Wildman–Crippen MR) is 116 cm³/mol. The van der Waals surface area contributed by atoms with Crippen LogP contribution >= 0.6 is 0 Å². The van der Waals surface area contributed by atoms with Gasteiger partial charge in [0.25, 0.3) is 10.0 Å². The molecule has 1 amide bonds. The summed E-state index contributed by atoms with van der Waals surface area (Å²) in [6.45, 7) is 5.56. The summed E-state index contributed by atoms with van der Waals surface area (Å²) in [6, 6.07) is 16.8. The molecule has 2 aromatic carbocycles. The number of carbonyl (C=O) groups excluding carboxylic acids is 1. The van der Waals surface area contributed by atoms with Crippen molar-refractivity contribution in [3.63, 3.8) is 0 Å². The van der Waals surface area contributed by atoms with Crippen LogP contribution in [0.5, 0.6) is 0 Å². The molecule has 0 fully saturated rings. The van der Waals surface area contributed by atoms with Gasteiger partial charge in [0.1, 0.15) is 17.3 Å². The fourth-order valence-corrected chi connectivity index (χ4v) is 4.82. The maximum absolute atomic E-state index is 12.7. The number of amidine groups is 1. The van der Waals surface area contributed by atoms with E-state index in [9.17, 15) is 13.2 Å². The van der Waals surface area contributed by atoms with Crippen molar-refractivity contribution in [2.75, 3.05) is 6.54 Å². The number of aliphatic imine (C=N–C) groups is 1. The maximum atomic E-state index is 12.7. The molecule has 0 aliphatic carbocycles. The zero-order chi connectivity index (χ0) is 21.0. The van der Waals surface area contributed by atoms with Crippen LogP contribution in [0.15, 0.2) is 65.2 Å². The average Bonchev–Trinajstić information content (AvgIpc) is 2.97. The fourth-order valence-electron chi connectivity index (χ4n) is 3.26. The molecule has 2 N–H and O–H groups in total. The second-order valence-electron chi connectivity index (χ2n) is 7.00. The van der Waals surface area contributed by atoms with Crippen molar-refractivity contribution in [2.45, 2.75) is 33.2 Å². The van der Waals surface area contributed by atoms with Crippen LogP contribution in [0.25, 0.3) is 4.91 Å². The molecule has 2 aromatic rings. The molecular formula is C22H25N3O3S. The summed E-state index contributed by atoms with van der Waals surface area (Å²) >= 11 is 0. The number of hydrogen-bond donors (Lipinski definition) is 2. The van der Waals surface area contributed by atoms with Gasteiger partial charge in [-0.15, -0.1) is 0 Å². The highest BCUT2D eigenvalue weighted by molar-refractivity contribution is 8.00. The van der Waals surface area contributed by atoms with Gasteiger partial charge >= 0.3 is 0 Å². The van der Waals surface area contributed by atoms with Gasteiger partial charge in [0, 0.05) is 5.57 Å². The zero-order valence-electron chi connectivity index (χ0n) is 16.8. The number of nitrogens with one attached hydrogen (secondary N) is 2. The van der Waals surface area contributed by atoms with Crippen molar-refractivity contribution in [3.05, 3.63) is 76.9 Å². The topological polar surface area (TPSA) is 87.6 Å². The molecule has 6 nitrogen and oxygen atoms in total. The van der Waals surface area contributed by atoms with Crippen LogP contribution in [0.3, 0.4) is 0 Å². The molecule has 3 rings (SSSR count). The van der Waals surface area contributed by atoms with E-state index in [1.54, 1.807) is 12.1 Å². The first kappa shape index (κ1) is 20.8. The first-order valence-electron chi connectivity index (χ1n) is 9.54. The molecule has 0 aromatic heterocycles. The van der Waals surface area contributed by atoms with Gasteiger partial charge in [-0.25, -0.2) is 8.42 Å². The Hall–Kier alpha value is -2.93. The van der Waals surface area contributed by atoms with Gasteiger partial charge in [-0.2, -0.15) is 0 Å². The summed E-state index contributed by atoms with van der Waals surface area (Å²) < 4.78 is 27.9. The lowest BCUT2D eigenvalue weighted by molar-refractivity contribution is -0.120. The minimum absolute atomic E-state index is 0.153. The van der Waals surface area contributed by atoms with E-state index in [0.717, 1.165) is 11.1 Å². The monoisotopic (exact) mass is 411 g/mol. The molecule has 0 saturated heterocycles. The highest BCUT2D eigenvalue weighted by Gasteiger charge is 2.34. The Morgan fingerprint density at radius 1 is 1.10 bits per heavy atom. The SMILES string of the molecule is CCC1=C(c2ccc(C)cc2)S(=O)(=O)NC1=NCC(=O)N[C@H](C)c1ccccc1. The molecule has 0 spiro atoms. The van der Waals surface area contributed by atoms with Crippen molar-refractivity contribution in [1.29, 1.82) is 0 Å². The average molecular weight is 412 g/mol. The lowest BCUT2D eigenvalue weighted by atomic mass is 10.1. The standard InChI is InChI=1S/C22H25N3O3S/c1-4-19-21(18-12-10-15(2)11-13-18)29(27,28)25-22(19)23-14-20(26)24-16(3)17-8-6-5-7-9-17/h5-13,16H,4,14H2,1-3H3,(H,23,25)(H,24,26)/t16-/m1/s1. The first-order chi connectivity index (χ1) is 13.8. The number of hydrogen-bond acceptors (Lipinski definition) is 4. The van der Waals surface area contributed by atoms with E-state index in [0.29, 0.717) is 17.6 Å². The highest BCUT2D eigenvalue weighted by Crippen LogP contribution is 2.31. The Morgan fingerprint density at radius 2 is 1.76 bits per heavy atom. The van der Waals surface area contributed by atoms with Gasteiger partial charge in [0.15, 0.2) is 0 Å². The third-order valence-electron chi connectivity index (χ3n) is 4.78. The number of nitrogens with zero attached hydrogens (tertiary/aromatic N) is 1. The molecular weight excluding hydrogens is 386 g/mol. The third-order valence-corrected chi connectivity index (χ3v) is 6.27. The Labute approximate surface area is 171 Å². The first-order valence-corrected chi connectivity index (χ1v) is 11.0. The lowest BCUT2D eigenvalue weighted by Gasteiger charge is -2.13. The van der Waals surface area contributed by atoms with Gasteiger partial charge in [-0.3, -0.25) is 14.5 Å². The fraction of sp³-hybridized carbons (Fsp3) is 0.273.